The molecular weight excluding hydrogens is 336 g/mol. The quantitative estimate of drug-likeness (QED) is 0.685. The minimum Gasteiger partial charge on any atom is -0.481 e. The molecule has 0 saturated heterocycles. The number of aliphatic carboxylic acids is 1. The van der Waals surface area contributed by atoms with Crippen molar-refractivity contribution in [1.29, 1.82) is 0 Å². The number of benzene rings is 1. The second-order valence-electron chi connectivity index (χ2n) is 8.23. The maximum atomic E-state index is 10.8. The van der Waals surface area contributed by atoms with Crippen molar-refractivity contribution >= 4 is 12.0 Å². The fourth-order valence-electron chi connectivity index (χ4n) is 4.46. The number of carboxylic acids is 1. The van der Waals surface area contributed by atoms with Crippen LogP contribution >= 0.6 is 0 Å². The van der Waals surface area contributed by atoms with Gasteiger partial charge < -0.3 is 15.3 Å². The third-order valence-electron chi connectivity index (χ3n) is 6.27. The van der Waals surface area contributed by atoms with Crippen LogP contribution in [0.5, 0.6) is 0 Å². The molecule has 0 bridgehead atoms. The molecule has 2 aliphatic rings. The Morgan fingerprint density at radius 3 is 2.56 bits per heavy atom. The van der Waals surface area contributed by atoms with Crippen LogP contribution in [0, 0.1) is 5.92 Å². The fraction of sp³-hybridized carbons (Fsp3) is 0.609. The van der Waals surface area contributed by atoms with E-state index in [-0.39, 0.29) is 6.42 Å². The average molecular weight is 371 g/mol. The highest BCUT2D eigenvalue weighted by atomic mass is 16.4. The lowest BCUT2D eigenvalue weighted by Gasteiger charge is -2.35. The van der Waals surface area contributed by atoms with E-state index in [9.17, 15) is 4.79 Å². The third kappa shape index (κ3) is 5.91. The van der Waals surface area contributed by atoms with Crippen LogP contribution in [0.15, 0.2) is 35.9 Å². The monoisotopic (exact) mass is 370 g/mol. The van der Waals surface area contributed by atoms with Gasteiger partial charge in [0, 0.05) is 24.7 Å². The number of nitrogens with zero attached hydrogens (tertiary/aromatic N) is 1. The second-order valence-corrected chi connectivity index (χ2v) is 8.23. The van der Waals surface area contributed by atoms with Gasteiger partial charge in [0.15, 0.2) is 0 Å². The summed E-state index contributed by atoms with van der Waals surface area (Å²) in [7, 11) is 2.07. The summed E-state index contributed by atoms with van der Waals surface area (Å²) in [6.45, 7) is 2.93. The summed E-state index contributed by atoms with van der Waals surface area (Å²) >= 11 is 0. The molecule has 0 heterocycles. The summed E-state index contributed by atoms with van der Waals surface area (Å²) < 4.78 is 0. The van der Waals surface area contributed by atoms with Gasteiger partial charge in [-0.25, -0.2) is 0 Å². The summed E-state index contributed by atoms with van der Waals surface area (Å²) in [5, 5.41) is 12.8. The molecule has 2 aliphatic carbocycles. The maximum absolute atomic E-state index is 10.8. The smallest absolute Gasteiger partial charge is 0.304 e. The SMILES string of the molecule is CCC(=Cc1ccccc1)C1C[C@@H]1NC1CCC(N(C)CCC(=O)O)CC1. The Morgan fingerprint density at radius 2 is 1.93 bits per heavy atom. The van der Waals surface area contributed by atoms with Gasteiger partial charge in [0.25, 0.3) is 0 Å². The van der Waals surface area contributed by atoms with Gasteiger partial charge in [0.1, 0.15) is 0 Å². The maximum Gasteiger partial charge on any atom is 0.304 e. The van der Waals surface area contributed by atoms with Gasteiger partial charge in [0.2, 0.25) is 0 Å². The predicted molar refractivity (Wildman–Crippen MR) is 111 cm³/mol. The van der Waals surface area contributed by atoms with E-state index in [1.807, 2.05) is 0 Å². The first-order valence-corrected chi connectivity index (χ1v) is 10.5. The third-order valence-corrected chi connectivity index (χ3v) is 6.27. The van der Waals surface area contributed by atoms with Crippen LogP contribution in [0.25, 0.3) is 6.08 Å². The first-order chi connectivity index (χ1) is 13.1. The lowest BCUT2D eigenvalue weighted by Crippen LogP contribution is -2.42. The van der Waals surface area contributed by atoms with Crippen molar-refractivity contribution in [2.24, 2.45) is 5.92 Å². The van der Waals surface area contributed by atoms with E-state index in [4.69, 9.17) is 5.11 Å². The number of rotatable bonds is 9. The van der Waals surface area contributed by atoms with Gasteiger partial charge >= 0.3 is 5.97 Å². The normalized spacial score (nSPS) is 28.3. The molecule has 3 rings (SSSR count). The van der Waals surface area contributed by atoms with Crippen LogP contribution < -0.4 is 5.32 Å². The molecule has 27 heavy (non-hydrogen) atoms. The lowest BCUT2D eigenvalue weighted by molar-refractivity contribution is -0.137. The fourth-order valence-corrected chi connectivity index (χ4v) is 4.46. The van der Waals surface area contributed by atoms with E-state index >= 15 is 0 Å². The molecule has 0 amide bonds. The number of hydrogen-bond donors (Lipinski definition) is 2. The summed E-state index contributed by atoms with van der Waals surface area (Å²) in [5.74, 6) is -0.00145. The van der Waals surface area contributed by atoms with Crippen molar-refractivity contribution in [3.8, 4) is 0 Å². The Labute approximate surface area is 163 Å². The van der Waals surface area contributed by atoms with Gasteiger partial charge in [0.05, 0.1) is 6.42 Å². The van der Waals surface area contributed by atoms with Gasteiger partial charge in [-0.2, -0.15) is 0 Å². The van der Waals surface area contributed by atoms with Gasteiger partial charge in [-0.3, -0.25) is 4.79 Å². The molecule has 1 unspecified atom stereocenters. The van der Waals surface area contributed by atoms with E-state index in [0.29, 0.717) is 30.6 Å². The molecule has 0 aliphatic heterocycles. The molecule has 0 aromatic heterocycles. The minimum atomic E-state index is -0.702. The second kappa shape index (κ2) is 9.52. The summed E-state index contributed by atoms with van der Waals surface area (Å²) in [6.07, 6.45) is 9.76. The molecule has 2 fully saturated rings. The van der Waals surface area contributed by atoms with Crippen LogP contribution in [-0.4, -0.2) is 47.7 Å². The number of carbonyl (C=O) groups is 1. The first kappa shape index (κ1) is 20.1. The van der Waals surface area contributed by atoms with Crippen LogP contribution in [-0.2, 0) is 4.79 Å². The molecule has 0 radical (unpaired) electrons. The van der Waals surface area contributed by atoms with Crippen molar-refractivity contribution in [2.75, 3.05) is 13.6 Å². The van der Waals surface area contributed by atoms with Crippen LogP contribution in [0.1, 0.15) is 57.4 Å². The van der Waals surface area contributed by atoms with Gasteiger partial charge in [-0.15, -0.1) is 0 Å². The summed E-state index contributed by atoms with van der Waals surface area (Å²) in [6, 6.07) is 12.5. The Kier molecular flexibility index (Phi) is 7.08. The highest BCUT2D eigenvalue weighted by Gasteiger charge is 2.40. The highest BCUT2D eigenvalue weighted by molar-refractivity contribution is 5.66. The molecule has 0 spiro atoms. The zero-order valence-electron chi connectivity index (χ0n) is 16.7. The zero-order valence-corrected chi connectivity index (χ0v) is 16.7. The molecule has 4 heteroatoms. The van der Waals surface area contributed by atoms with Crippen LogP contribution in [0.4, 0.5) is 0 Å². The Bertz CT molecular complexity index is 635. The summed E-state index contributed by atoms with van der Waals surface area (Å²) in [5.41, 5.74) is 2.88. The van der Waals surface area contributed by atoms with E-state index < -0.39 is 5.97 Å². The van der Waals surface area contributed by atoms with E-state index in [2.05, 4.69) is 60.6 Å². The number of hydrogen-bond acceptors (Lipinski definition) is 3. The van der Waals surface area contributed by atoms with Crippen molar-refractivity contribution in [3.63, 3.8) is 0 Å². The molecule has 1 aromatic carbocycles. The van der Waals surface area contributed by atoms with Crippen LogP contribution in [0.3, 0.4) is 0 Å². The molecule has 1 aromatic rings. The average Bonchev–Trinajstić information content (AvgIpc) is 3.44. The first-order valence-electron chi connectivity index (χ1n) is 10.5. The number of nitrogens with one attached hydrogen (secondary N) is 1. The number of carboxylic acid groups (broad SMARTS) is 1. The Morgan fingerprint density at radius 1 is 1.22 bits per heavy atom. The predicted octanol–water partition coefficient (Wildman–Crippen LogP) is 4.18. The van der Waals surface area contributed by atoms with Gasteiger partial charge in [-0.1, -0.05) is 48.9 Å². The van der Waals surface area contributed by atoms with E-state index in [1.165, 1.54) is 37.7 Å². The standard InChI is InChI=1S/C23H34N2O2/c1-3-18(15-17-7-5-4-6-8-17)21-16-22(21)24-19-9-11-20(12-10-19)25(2)14-13-23(26)27/h4-8,15,19-22,24H,3,9-14,16H2,1-2H3,(H,26,27)/t19?,20?,21?,22-/m0/s1. The Balaban J connectivity index is 1.43. The van der Waals surface area contributed by atoms with Crippen molar-refractivity contribution in [3.05, 3.63) is 41.5 Å². The van der Waals surface area contributed by atoms with E-state index in [1.54, 1.807) is 5.57 Å². The molecule has 4 nitrogen and oxygen atoms in total. The Hall–Kier alpha value is -1.65. The molecule has 2 N–H and O–H groups in total. The molecule has 2 saturated carbocycles. The lowest BCUT2D eigenvalue weighted by atomic mass is 9.90. The molecule has 2 atom stereocenters. The highest BCUT2D eigenvalue weighted by Crippen LogP contribution is 2.40. The summed E-state index contributed by atoms with van der Waals surface area (Å²) in [4.78, 5) is 13.0. The minimum absolute atomic E-state index is 0.242. The van der Waals surface area contributed by atoms with Crippen molar-refractivity contribution < 1.29 is 9.90 Å². The van der Waals surface area contributed by atoms with Crippen molar-refractivity contribution in [2.45, 2.75) is 70.0 Å². The zero-order chi connectivity index (χ0) is 19.2. The molecule has 148 valence electrons. The molecular formula is C23H34N2O2. The largest absolute Gasteiger partial charge is 0.481 e. The van der Waals surface area contributed by atoms with Gasteiger partial charge in [-0.05, 0) is 57.1 Å². The van der Waals surface area contributed by atoms with Crippen molar-refractivity contribution in [1.82, 2.24) is 10.2 Å². The topological polar surface area (TPSA) is 52.6 Å². The van der Waals surface area contributed by atoms with E-state index in [0.717, 1.165) is 6.42 Å². The van der Waals surface area contributed by atoms with Crippen LogP contribution in [0.2, 0.25) is 0 Å².